The summed E-state index contributed by atoms with van der Waals surface area (Å²) in [7, 11) is 0. The number of hydrogen-bond acceptors (Lipinski definition) is 5. The van der Waals surface area contributed by atoms with Gasteiger partial charge in [0.15, 0.2) is 5.17 Å². The summed E-state index contributed by atoms with van der Waals surface area (Å²) in [6.07, 6.45) is 1.67. The summed E-state index contributed by atoms with van der Waals surface area (Å²) in [5.41, 5.74) is 3.66. The number of carbonyl (C=O) groups excluding carboxylic acids is 1. The number of aliphatic imine (C=N–C) groups is 1. The largest absolute Gasteiger partial charge is 0.478 e. The van der Waals surface area contributed by atoms with E-state index in [0.29, 0.717) is 21.6 Å². The second-order valence-electron chi connectivity index (χ2n) is 6.81. The van der Waals surface area contributed by atoms with Crippen LogP contribution in [0.1, 0.15) is 27.2 Å². The highest BCUT2D eigenvalue weighted by Gasteiger charge is 2.24. The molecule has 1 fully saturated rings. The van der Waals surface area contributed by atoms with Gasteiger partial charge in [-0.1, -0.05) is 24.3 Å². The number of hydrogen-bond donors (Lipinski definition) is 2. The quantitative estimate of drug-likeness (QED) is 0.572. The maximum Gasteiger partial charge on any atom is 0.335 e. The van der Waals surface area contributed by atoms with Crippen molar-refractivity contribution in [1.82, 2.24) is 5.32 Å². The van der Waals surface area contributed by atoms with Crippen LogP contribution in [0.25, 0.3) is 17.4 Å². The van der Waals surface area contributed by atoms with E-state index in [1.807, 2.05) is 38.1 Å². The monoisotopic (exact) mass is 418 g/mol. The number of thioether (sulfide) groups is 1. The number of amidine groups is 1. The van der Waals surface area contributed by atoms with Crippen LogP contribution < -0.4 is 5.32 Å². The average molecular weight is 418 g/mol. The SMILES string of the molecule is Cc1ccccc1N=C1NC(=O)/C(=C/c2ccc(-c3ccc(C(=O)O)cc3C)o2)S1. The molecule has 0 atom stereocenters. The lowest BCUT2D eigenvalue weighted by molar-refractivity contribution is -0.115. The Balaban J connectivity index is 1.57. The molecule has 0 unspecified atom stereocenters. The van der Waals surface area contributed by atoms with Crippen LogP contribution in [0, 0.1) is 13.8 Å². The smallest absolute Gasteiger partial charge is 0.335 e. The maximum absolute atomic E-state index is 12.3. The molecule has 3 aromatic rings. The number of furan rings is 1. The van der Waals surface area contributed by atoms with Crippen molar-refractivity contribution < 1.29 is 19.1 Å². The molecule has 1 amide bonds. The summed E-state index contributed by atoms with van der Waals surface area (Å²) in [6, 6.07) is 16.1. The Bertz CT molecular complexity index is 1220. The minimum absolute atomic E-state index is 0.227. The zero-order chi connectivity index (χ0) is 21.3. The highest BCUT2D eigenvalue weighted by Crippen LogP contribution is 2.31. The van der Waals surface area contributed by atoms with E-state index in [1.165, 1.54) is 11.8 Å². The Hall–Kier alpha value is -3.58. The van der Waals surface area contributed by atoms with E-state index >= 15 is 0 Å². The van der Waals surface area contributed by atoms with E-state index in [-0.39, 0.29) is 11.5 Å². The molecule has 1 aliphatic rings. The van der Waals surface area contributed by atoms with Crippen molar-refractivity contribution >= 4 is 40.6 Å². The third kappa shape index (κ3) is 4.06. The number of nitrogens with one attached hydrogen (secondary N) is 1. The number of para-hydroxylation sites is 1. The molecule has 1 aromatic heterocycles. The predicted molar refractivity (Wildman–Crippen MR) is 118 cm³/mol. The van der Waals surface area contributed by atoms with Gasteiger partial charge < -0.3 is 14.8 Å². The second-order valence-corrected chi connectivity index (χ2v) is 7.84. The molecule has 2 aromatic carbocycles. The van der Waals surface area contributed by atoms with Crippen LogP contribution in [0.15, 0.2) is 68.9 Å². The van der Waals surface area contributed by atoms with Crippen molar-refractivity contribution in [2.24, 2.45) is 4.99 Å². The number of carbonyl (C=O) groups is 2. The van der Waals surface area contributed by atoms with Crippen molar-refractivity contribution in [3.63, 3.8) is 0 Å². The van der Waals surface area contributed by atoms with Gasteiger partial charge in [0.2, 0.25) is 0 Å². The van der Waals surface area contributed by atoms with Crippen LogP contribution in [0.5, 0.6) is 0 Å². The fourth-order valence-corrected chi connectivity index (χ4v) is 3.87. The first kappa shape index (κ1) is 19.7. The molecule has 4 rings (SSSR count). The van der Waals surface area contributed by atoms with E-state index < -0.39 is 5.97 Å². The number of benzene rings is 2. The third-order valence-electron chi connectivity index (χ3n) is 4.63. The highest BCUT2D eigenvalue weighted by atomic mass is 32.2. The van der Waals surface area contributed by atoms with E-state index in [2.05, 4.69) is 10.3 Å². The molecule has 0 aliphatic carbocycles. The van der Waals surface area contributed by atoms with E-state index in [4.69, 9.17) is 9.52 Å². The summed E-state index contributed by atoms with van der Waals surface area (Å²) >= 11 is 1.26. The molecule has 2 heterocycles. The summed E-state index contributed by atoms with van der Waals surface area (Å²) in [4.78, 5) is 28.4. The molecule has 30 heavy (non-hydrogen) atoms. The van der Waals surface area contributed by atoms with Crippen LogP contribution in [0.3, 0.4) is 0 Å². The van der Waals surface area contributed by atoms with Crippen molar-refractivity contribution in [3.8, 4) is 11.3 Å². The Labute approximate surface area is 177 Å². The Morgan fingerprint density at radius 2 is 1.90 bits per heavy atom. The summed E-state index contributed by atoms with van der Waals surface area (Å²) in [5.74, 6) is -0.0655. The molecule has 7 heteroatoms. The summed E-state index contributed by atoms with van der Waals surface area (Å²) < 4.78 is 5.88. The predicted octanol–water partition coefficient (Wildman–Crippen LogP) is 5.15. The number of aromatic carboxylic acids is 1. The molecule has 150 valence electrons. The van der Waals surface area contributed by atoms with Gasteiger partial charge in [-0.2, -0.15) is 0 Å². The molecule has 0 bridgehead atoms. The molecule has 2 N–H and O–H groups in total. The van der Waals surface area contributed by atoms with Crippen LogP contribution in [-0.4, -0.2) is 22.2 Å². The van der Waals surface area contributed by atoms with E-state index in [0.717, 1.165) is 22.4 Å². The summed E-state index contributed by atoms with van der Waals surface area (Å²) in [5, 5.41) is 12.4. The maximum atomic E-state index is 12.3. The van der Waals surface area contributed by atoms with Gasteiger partial charge in [-0.25, -0.2) is 9.79 Å². The lowest BCUT2D eigenvalue weighted by Gasteiger charge is -2.04. The van der Waals surface area contributed by atoms with Crippen LogP contribution in [0.4, 0.5) is 5.69 Å². The number of amides is 1. The van der Waals surface area contributed by atoms with Gasteiger partial charge in [-0.15, -0.1) is 0 Å². The van der Waals surface area contributed by atoms with Gasteiger partial charge in [0, 0.05) is 11.6 Å². The number of carboxylic acid groups (broad SMARTS) is 1. The number of carboxylic acids is 1. The van der Waals surface area contributed by atoms with Gasteiger partial charge in [0.05, 0.1) is 16.2 Å². The highest BCUT2D eigenvalue weighted by molar-refractivity contribution is 8.18. The van der Waals surface area contributed by atoms with Gasteiger partial charge in [0.25, 0.3) is 5.91 Å². The Kier molecular flexibility index (Phi) is 5.29. The fourth-order valence-electron chi connectivity index (χ4n) is 3.06. The molecule has 0 spiro atoms. The third-order valence-corrected chi connectivity index (χ3v) is 5.54. The van der Waals surface area contributed by atoms with Crippen molar-refractivity contribution in [2.75, 3.05) is 0 Å². The number of aryl methyl sites for hydroxylation is 2. The van der Waals surface area contributed by atoms with Crippen LogP contribution >= 0.6 is 11.8 Å². The Morgan fingerprint density at radius 3 is 2.63 bits per heavy atom. The normalized spacial score (nSPS) is 16.3. The molecular formula is C23H18N2O4S. The molecule has 1 aliphatic heterocycles. The van der Waals surface area contributed by atoms with Crippen molar-refractivity contribution in [2.45, 2.75) is 13.8 Å². The lowest BCUT2D eigenvalue weighted by Crippen LogP contribution is -2.19. The first-order chi connectivity index (χ1) is 14.4. The Morgan fingerprint density at radius 1 is 1.10 bits per heavy atom. The summed E-state index contributed by atoms with van der Waals surface area (Å²) in [6.45, 7) is 3.80. The standard InChI is InChI=1S/C23H18N2O4S/c1-13-5-3-4-6-18(13)24-23-25-21(26)20(30-23)12-16-8-10-19(29-16)17-9-7-15(22(27)28)11-14(17)2/h3-12H,1-2H3,(H,27,28)(H,24,25,26)/b20-12-. The minimum atomic E-state index is -0.970. The van der Waals surface area contributed by atoms with Crippen molar-refractivity contribution in [3.05, 3.63) is 82.0 Å². The zero-order valence-corrected chi connectivity index (χ0v) is 17.1. The fraction of sp³-hybridized carbons (Fsp3) is 0.0870. The van der Waals surface area contributed by atoms with E-state index in [9.17, 15) is 9.59 Å². The van der Waals surface area contributed by atoms with E-state index in [1.54, 1.807) is 36.4 Å². The lowest BCUT2D eigenvalue weighted by atomic mass is 10.0. The minimum Gasteiger partial charge on any atom is -0.478 e. The second kappa shape index (κ2) is 8.04. The molecule has 0 saturated carbocycles. The number of rotatable bonds is 4. The molecule has 1 saturated heterocycles. The van der Waals surface area contributed by atoms with Gasteiger partial charge in [-0.3, -0.25) is 4.79 Å². The molecule has 6 nitrogen and oxygen atoms in total. The average Bonchev–Trinajstić information content (AvgIpc) is 3.30. The van der Waals surface area contributed by atoms with Crippen LogP contribution in [0.2, 0.25) is 0 Å². The first-order valence-corrected chi connectivity index (χ1v) is 10.0. The van der Waals surface area contributed by atoms with Crippen LogP contribution in [-0.2, 0) is 4.79 Å². The topological polar surface area (TPSA) is 91.9 Å². The molecule has 0 radical (unpaired) electrons. The van der Waals surface area contributed by atoms with Gasteiger partial charge in [0.1, 0.15) is 11.5 Å². The van der Waals surface area contributed by atoms with Gasteiger partial charge in [-0.05, 0) is 67.1 Å². The van der Waals surface area contributed by atoms with Crippen molar-refractivity contribution in [1.29, 1.82) is 0 Å². The first-order valence-electron chi connectivity index (χ1n) is 9.20. The number of nitrogens with zero attached hydrogens (tertiary/aromatic N) is 1. The molecular weight excluding hydrogens is 400 g/mol. The zero-order valence-electron chi connectivity index (χ0n) is 16.3. The van der Waals surface area contributed by atoms with Gasteiger partial charge >= 0.3 is 5.97 Å².